The van der Waals surface area contributed by atoms with Crippen LogP contribution in [-0.2, 0) is 0 Å². The number of halogens is 1. The molecule has 2 aromatic rings. The summed E-state index contributed by atoms with van der Waals surface area (Å²) in [5.74, 6) is 0.545. The maximum Gasteiger partial charge on any atom is 0.124 e. The summed E-state index contributed by atoms with van der Waals surface area (Å²) in [5, 5.41) is 4.52. The van der Waals surface area contributed by atoms with Crippen LogP contribution in [0.1, 0.15) is 37.6 Å². The zero-order valence-electron chi connectivity index (χ0n) is 11.2. The van der Waals surface area contributed by atoms with Gasteiger partial charge in [-0.3, -0.25) is 0 Å². The normalized spacial score (nSPS) is 14.9. The largest absolute Gasteiger partial charge is 0.312 e. The smallest absolute Gasteiger partial charge is 0.124 e. The molecule has 1 N–H and O–H groups in total. The molecule has 3 heteroatoms. The third-order valence-electron chi connectivity index (χ3n) is 3.53. The quantitative estimate of drug-likeness (QED) is 0.823. The van der Waals surface area contributed by atoms with Crippen molar-refractivity contribution in [1.29, 1.82) is 0 Å². The number of hydrogen-bond acceptors (Lipinski definition) is 2. The second-order valence-electron chi connectivity index (χ2n) is 4.92. The van der Waals surface area contributed by atoms with Gasteiger partial charge in [-0.05, 0) is 43.0 Å². The van der Waals surface area contributed by atoms with Gasteiger partial charge in [0.25, 0.3) is 0 Å². The van der Waals surface area contributed by atoms with Crippen molar-refractivity contribution in [2.45, 2.75) is 32.7 Å². The lowest BCUT2D eigenvalue weighted by Gasteiger charge is -2.18. The number of benzene rings is 1. The molecule has 0 fully saturated rings. The summed E-state index contributed by atoms with van der Waals surface area (Å²) < 4.78 is 14.2. The number of nitrogens with one attached hydrogen (secondary N) is 1. The van der Waals surface area contributed by atoms with E-state index in [4.69, 9.17) is 0 Å². The molecular weight excluding hydrogens is 245 g/mol. The third-order valence-corrected chi connectivity index (χ3v) is 4.74. The predicted octanol–water partition coefficient (Wildman–Crippen LogP) is 4.74. The van der Waals surface area contributed by atoms with Gasteiger partial charge in [0, 0.05) is 15.6 Å². The Hall–Kier alpha value is -0.930. The van der Waals surface area contributed by atoms with Crippen LogP contribution < -0.4 is 5.32 Å². The molecule has 1 nitrogen and oxygen atoms in total. The van der Waals surface area contributed by atoms with E-state index in [0.29, 0.717) is 12.0 Å². The molecule has 2 rings (SSSR count). The minimum absolute atomic E-state index is 0.154. The Morgan fingerprint density at radius 3 is 2.78 bits per heavy atom. The SMILES string of the molecule is CCC(C)CC(NC)c1cc2ccc(F)cc2s1. The van der Waals surface area contributed by atoms with Crippen LogP contribution >= 0.6 is 11.3 Å². The first-order chi connectivity index (χ1) is 8.63. The summed E-state index contributed by atoms with van der Waals surface area (Å²) in [7, 11) is 2.00. The molecule has 0 saturated heterocycles. The monoisotopic (exact) mass is 265 g/mol. The van der Waals surface area contributed by atoms with E-state index >= 15 is 0 Å². The maximum absolute atomic E-state index is 13.2. The molecule has 1 aromatic heterocycles. The number of thiophene rings is 1. The van der Waals surface area contributed by atoms with Crippen LogP contribution in [0.2, 0.25) is 0 Å². The van der Waals surface area contributed by atoms with Crippen LogP contribution in [0.5, 0.6) is 0 Å². The van der Waals surface area contributed by atoms with E-state index in [-0.39, 0.29) is 5.82 Å². The Kier molecular flexibility index (Phi) is 4.36. The lowest BCUT2D eigenvalue weighted by molar-refractivity contribution is 0.426. The van der Waals surface area contributed by atoms with Crippen molar-refractivity contribution in [3.05, 3.63) is 35.0 Å². The van der Waals surface area contributed by atoms with Crippen molar-refractivity contribution < 1.29 is 4.39 Å². The molecular formula is C15H20FNS. The first-order valence-electron chi connectivity index (χ1n) is 6.50. The molecule has 0 aliphatic heterocycles. The highest BCUT2D eigenvalue weighted by Gasteiger charge is 2.15. The zero-order chi connectivity index (χ0) is 13.1. The van der Waals surface area contributed by atoms with Gasteiger partial charge in [-0.2, -0.15) is 0 Å². The van der Waals surface area contributed by atoms with Gasteiger partial charge < -0.3 is 5.32 Å². The van der Waals surface area contributed by atoms with Gasteiger partial charge in [0.05, 0.1) is 0 Å². The van der Waals surface area contributed by atoms with Gasteiger partial charge in [0.2, 0.25) is 0 Å². The fourth-order valence-electron chi connectivity index (χ4n) is 2.14. The molecule has 2 atom stereocenters. The average molecular weight is 265 g/mol. The lowest BCUT2D eigenvalue weighted by Crippen LogP contribution is -2.17. The number of hydrogen-bond donors (Lipinski definition) is 1. The highest BCUT2D eigenvalue weighted by atomic mass is 32.1. The van der Waals surface area contributed by atoms with Gasteiger partial charge in [-0.15, -0.1) is 11.3 Å². The maximum atomic E-state index is 13.2. The fourth-order valence-corrected chi connectivity index (χ4v) is 3.36. The van der Waals surface area contributed by atoms with E-state index in [1.165, 1.54) is 17.4 Å². The van der Waals surface area contributed by atoms with Crippen LogP contribution in [0.4, 0.5) is 4.39 Å². The van der Waals surface area contributed by atoms with Gasteiger partial charge in [0.15, 0.2) is 0 Å². The van der Waals surface area contributed by atoms with Crippen LogP contribution in [-0.4, -0.2) is 7.05 Å². The minimum atomic E-state index is -0.154. The van der Waals surface area contributed by atoms with Crippen LogP contribution in [0.3, 0.4) is 0 Å². The second kappa shape index (κ2) is 5.81. The molecule has 0 radical (unpaired) electrons. The molecule has 0 amide bonds. The fraction of sp³-hybridized carbons (Fsp3) is 0.467. The third kappa shape index (κ3) is 2.90. The molecule has 0 spiro atoms. The summed E-state index contributed by atoms with van der Waals surface area (Å²) in [6, 6.07) is 7.57. The lowest BCUT2D eigenvalue weighted by atomic mass is 9.98. The molecule has 0 aliphatic rings. The van der Waals surface area contributed by atoms with Crippen molar-refractivity contribution in [2.24, 2.45) is 5.92 Å². The molecule has 18 heavy (non-hydrogen) atoms. The molecule has 2 unspecified atom stereocenters. The van der Waals surface area contributed by atoms with E-state index in [1.807, 2.05) is 13.1 Å². The second-order valence-corrected chi connectivity index (χ2v) is 6.04. The first-order valence-corrected chi connectivity index (χ1v) is 7.32. The summed E-state index contributed by atoms with van der Waals surface area (Å²) in [6.45, 7) is 4.50. The topological polar surface area (TPSA) is 12.0 Å². The van der Waals surface area contributed by atoms with Crippen LogP contribution in [0, 0.1) is 11.7 Å². The van der Waals surface area contributed by atoms with E-state index in [0.717, 1.165) is 16.5 Å². The molecule has 0 saturated carbocycles. The molecule has 0 aliphatic carbocycles. The van der Waals surface area contributed by atoms with Crippen molar-refractivity contribution >= 4 is 21.4 Å². The summed E-state index contributed by atoms with van der Waals surface area (Å²) in [6.07, 6.45) is 2.32. The predicted molar refractivity (Wildman–Crippen MR) is 77.7 cm³/mol. The standard InChI is InChI=1S/C15H20FNS/c1-4-10(2)7-13(17-3)15-8-11-5-6-12(16)9-14(11)18-15/h5-6,8-10,13,17H,4,7H2,1-3H3. The van der Waals surface area contributed by atoms with E-state index in [9.17, 15) is 4.39 Å². The van der Waals surface area contributed by atoms with E-state index in [2.05, 4.69) is 25.2 Å². The van der Waals surface area contributed by atoms with Crippen molar-refractivity contribution in [3.8, 4) is 0 Å². The highest BCUT2D eigenvalue weighted by molar-refractivity contribution is 7.19. The van der Waals surface area contributed by atoms with E-state index < -0.39 is 0 Å². The Morgan fingerprint density at radius 1 is 1.33 bits per heavy atom. The Labute approximate surface area is 112 Å². The van der Waals surface area contributed by atoms with Gasteiger partial charge in [-0.25, -0.2) is 4.39 Å². The Bertz CT molecular complexity index is 520. The van der Waals surface area contributed by atoms with Crippen LogP contribution in [0.25, 0.3) is 10.1 Å². The Morgan fingerprint density at radius 2 is 2.11 bits per heavy atom. The Balaban J connectivity index is 2.28. The van der Waals surface area contributed by atoms with Gasteiger partial charge in [0.1, 0.15) is 5.82 Å². The summed E-state index contributed by atoms with van der Waals surface area (Å²) >= 11 is 1.69. The molecule has 1 heterocycles. The summed E-state index contributed by atoms with van der Waals surface area (Å²) in [4.78, 5) is 1.30. The zero-order valence-corrected chi connectivity index (χ0v) is 12.0. The van der Waals surface area contributed by atoms with Gasteiger partial charge in [-0.1, -0.05) is 26.3 Å². The van der Waals surface area contributed by atoms with Crippen LogP contribution in [0.15, 0.2) is 24.3 Å². The molecule has 98 valence electrons. The van der Waals surface area contributed by atoms with E-state index in [1.54, 1.807) is 17.4 Å². The van der Waals surface area contributed by atoms with Crippen molar-refractivity contribution in [1.82, 2.24) is 5.32 Å². The number of rotatable bonds is 5. The summed E-state index contributed by atoms with van der Waals surface area (Å²) in [5.41, 5.74) is 0. The molecule has 0 bridgehead atoms. The number of fused-ring (bicyclic) bond motifs is 1. The van der Waals surface area contributed by atoms with Crippen molar-refractivity contribution in [3.63, 3.8) is 0 Å². The first kappa shape index (κ1) is 13.5. The van der Waals surface area contributed by atoms with Crippen molar-refractivity contribution in [2.75, 3.05) is 7.05 Å². The van der Waals surface area contributed by atoms with Gasteiger partial charge >= 0.3 is 0 Å². The average Bonchev–Trinajstić information content (AvgIpc) is 2.78. The molecule has 1 aromatic carbocycles. The highest BCUT2D eigenvalue weighted by Crippen LogP contribution is 2.33. The minimum Gasteiger partial charge on any atom is -0.312 e.